The number of anilines is 1. The Bertz CT molecular complexity index is 1280. The van der Waals surface area contributed by atoms with Crippen LogP contribution in [0.25, 0.3) is 16.2 Å². The highest BCUT2D eigenvalue weighted by Crippen LogP contribution is 2.26. The predicted molar refractivity (Wildman–Crippen MR) is 100 cm³/mol. The second kappa shape index (κ2) is 6.69. The smallest absolute Gasteiger partial charge is 0.335 e. The van der Waals surface area contributed by atoms with Crippen molar-refractivity contribution in [2.24, 2.45) is 0 Å². The van der Waals surface area contributed by atoms with Gasteiger partial charge in [-0.15, -0.1) is 16.4 Å². The molecule has 4 rings (SSSR count). The molecule has 8 nitrogen and oxygen atoms in total. The van der Waals surface area contributed by atoms with Crippen LogP contribution in [0.2, 0.25) is 0 Å². The van der Waals surface area contributed by atoms with Crippen LogP contribution in [0.5, 0.6) is 0 Å². The lowest BCUT2D eigenvalue weighted by Crippen LogP contribution is -2.14. The molecule has 0 atom stereocenters. The van der Waals surface area contributed by atoms with Crippen LogP contribution in [-0.2, 0) is 10.0 Å². The first kappa shape index (κ1) is 18.1. The van der Waals surface area contributed by atoms with E-state index < -0.39 is 16.0 Å². The summed E-state index contributed by atoms with van der Waals surface area (Å²) in [5.41, 5.74) is 1.32. The molecule has 0 fully saturated rings. The maximum atomic E-state index is 13.1. The van der Waals surface area contributed by atoms with Gasteiger partial charge in [-0.05, 0) is 48.5 Å². The molecule has 0 amide bonds. The molecule has 2 aromatic carbocycles. The molecule has 28 heavy (non-hydrogen) atoms. The van der Waals surface area contributed by atoms with E-state index in [9.17, 15) is 17.6 Å². The van der Waals surface area contributed by atoms with Crippen molar-refractivity contribution in [3.05, 3.63) is 65.3 Å². The third kappa shape index (κ3) is 3.32. The molecule has 0 saturated heterocycles. The molecule has 0 aliphatic carbocycles. The number of sulfonamides is 1. The number of benzene rings is 2. The molecule has 0 unspecified atom stereocenters. The van der Waals surface area contributed by atoms with Gasteiger partial charge in [-0.3, -0.25) is 0 Å². The fourth-order valence-corrected chi connectivity index (χ4v) is 4.27. The van der Waals surface area contributed by atoms with Crippen LogP contribution in [0.15, 0.2) is 58.8 Å². The van der Waals surface area contributed by atoms with E-state index in [1.165, 1.54) is 52.3 Å². The van der Waals surface area contributed by atoms with Crippen LogP contribution < -0.4 is 4.72 Å². The Labute approximate surface area is 162 Å². The summed E-state index contributed by atoms with van der Waals surface area (Å²) in [6, 6.07) is 10.6. The van der Waals surface area contributed by atoms with E-state index in [1.54, 1.807) is 17.5 Å². The van der Waals surface area contributed by atoms with Crippen LogP contribution in [0, 0.1) is 5.82 Å². The van der Waals surface area contributed by atoms with Gasteiger partial charge in [0.15, 0.2) is 0 Å². The molecule has 0 radical (unpaired) electrons. The van der Waals surface area contributed by atoms with E-state index in [2.05, 4.69) is 14.8 Å². The summed E-state index contributed by atoms with van der Waals surface area (Å²) >= 11 is 1.26. The Hall–Kier alpha value is -3.31. The quantitative estimate of drug-likeness (QED) is 0.515. The van der Waals surface area contributed by atoms with E-state index in [4.69, 9.17) is 5.11 Å². The Morgan fingerprint density at radius 1 is 1.11 bits per heavy atom. The van der Waals surface area contributed by atoms with Crippen LogP contribution in [-0.4, -0.2) is 34.1 Å². The van der Waals surface area contributed by atoms with Crippen molar-refractivity contribution in [2.45, 2.75) is 4.90 Å². The number of rotatable bonds is 5. The first-order chi connectivity index (χ1) is 13.3. The van der Waals surface area contributed by atoms with Crippen LogP contribution in [0.1, 0.15) is 10.4 Å². The van der Waals surface area contributed by atoms with Crippen LogP contribution in [0.4, 0.5) is 10.3 Å². The van der Waals surface area contributed by atoms with Crippen LogP contribution in [0.3, 0.4) is 0 Å². The zero-order chi connectivity index (χ0) is 19.9. The average Bonchev–Trinajstić information content (AvgIpc) is 3.22. The molecular formula is C17H11FN4O4S2. The maximum absolute atomic E-state index is 13.1. The Kier molecular flexibility index (Phi) is 4.32. The van der Waals surface area contributed by atoms with Gasteiger partial charge >= 0.3 is 5.97 Å². The molecule has 2 heterocycles. The van der Waals surface area contributed by atoms with Gasteiger partial charge in [-0.1, -0.05) is 0 Å². The van der Waals surface area contributed by atoms with E-state index in [-0.39, 0.29) is 22.2 Å². The van der Waals surface area contributed by atoms with Gasteiger partial charge in [0.05, 0.1) is 16.2 Å². The average molecular weight is 418 g/mol. The van der Waals surface area contributed by atoms with E-state index in [0.717, 1.165) is 0 Å². The van der Waals surface area contributed by atoms with Gasteiger partial charge in [0.2, 0.25) is 4.96 Å². The number of aromatic nitrogens is 3. The summed E-state index contributed by atoms with van der Waals surface area (Å²) in [5.74, 6) is -1.64. The number of hydrogen-bond acceptors (Lipinski definition) is 6. The Morgan fingerprint density at radius 2 is 1.79 bits per heavy atom. The second-order valence-corrected chi connectivity index (χ2v) is 8.21. The summed E-state index contributed by atoms with van der Waals surface area (Å²) in [5, 5.41) is 14.8. The van der Waals surface area contributed by atoms with Crippen molar-refractivity contribution >= 4 is 38.2 Å². The Morgan fingerprint density at radius 3 is 2.43 bits per heavy atom. The summed E-state index contributed by atoms with van der Waals surface area (Å²) in [4.78, 5) is 15.4. The molecule has 0 bridgehead atoms. The molecule has 142 valence electrons. The lowest BCUT2D eigenvalue weighted by atomic mass is 10.2. The van der Waals surface area contributed by atoms with Gasteiger partial charge in [-0.2, -0.15) is 4.98 Å². The minimum atomic E-state index is -3.99. The van der Waals surface area contributed by atoms with Gasteiger partial charge in [0.25, 0.3) is 16.0 Å². The number of hydrogen-bond donors (Lipinski definition) is 2. The van der Waals surface area contributed by atoms with Crippen molar-refractivity contribution < 1.29 is 22.7 Å². The number of fused-ring (bicyclic) bond motifs is 1. The predicted octanol–water partition coefficient (Wildman–Crippen LogP) is 3.10. The lowest BCUT2D eigenvalue weighted by Gasteiger charge is -2.04. The topological polar surface area (TPSA) is 114 Å². The minimum absolute atomic E-state index is 0.0245. The number of carboxylic acid groups (broad SMARTS) is 1. The van der Waals surface area contributed by atoms with Crippen molar-refractivity contribution in [1.29, 1.82) is 0 Å². The monoisotopic (exact) mass is 418 g/mol. The lowest BCUT2D eigenvalue weighted by molar-refractivity contribution is 0.0696. The largest absolute Gasteiger partial charge is 0.478 e. The number of aromatic carboxylic acids is 1. The standard InChI is InChI=1S/C17H11FN4O4S2/c18-12-5-1-10(2-6-12)14-9-27-17-19-16(20-22(14)17)21-28(25,26)13-7-3-11(4-8-13)15(23)24/h1-9H,(H,20,21)(H,23,24). The van der Waals surface area contributed by atoms with Crippen molar-refractivity contribution in [3.8, 4) is 11.3 Å². The minimum Gasteiger partial charge on any atom is -0.478 e. The summed E-state index contributed by atoms with van der Waals surface area (Å²) in [6.07, 6.45) is 0. The number of halogens is 1. The first-order valence-corrected chi connectivity index (χ1v) is 10.2. The highest BCUT2D eigenvalue weighted by Gasteiger charge is 2.19. The number of carbonyl (C=O) groups is 1. The molecule has 0 saturated carbocycles. The summed E-state index contributed by atoms with van der Waals surface area (Å²) in [6.45, 7) is 0. The molecule has 0 spiro atoms. The zero-order valence-electron chi connectivity index (χ0n) is 13.9. The third-order valence-electron chi connectivity index (χ3n) is 3.86. The van der Waals surface area contributed by atoms with E-state index in [1.807, 2.05) is 0 Å². The fraction of sp³-hybridized carbons (Fsp3) is 0. The van der Waals surface area contributed by atoms with Gasteiger partial charge in [0, 0.05) is 10.9 Å². The number of carboxylic acids is 1. The summed E-state index contributed by atoms with van der Waals surface area (Å²) in [7, 11) is -3.99. The number of nitrogens with zero attached hydrogens (tertiary/aromatic N) is 3. The zero-order valence-corrected chi connectivity index (χ0v) is 15.5. The second-order valence-electron chi connectivity index (χ2n) is 5.69. The van der Waals surface area contributed by atoms with Gasteiger partial charge < -0.3 is 5.11 Å². The molecule has 11 heteroatoms. The third-order valence-corrected chi connectivity index (χ3v) is 6.02. The molecule has 0 aliphatic rings. The van der Waals surface area contributed by atoms with Crippen molar-refractivity contribution in [2.75, 3.05) is 4.72 Å². The van der Waals surface area contributed by atoms with Gasteiger partial charge in [0.1, 0.15) is 5.82 Å². The molecule has 4 aromatic rings. The first-order valence-electron chi connectivity index (χ1n) is 7.80. The van der Waals surface area contributed by atoms with E-state index in [0.29, 0.717) is 16.2 Å². The van der Waals surface area contributed by atoms with E-state index >= 15 is 0 Å². The molecular weight excluding hydrogens is 407 g/mol. The molecule has 2 N–H and O–H groups in total. The van der Waals surface area contributed by atoms with Crippen molar-refractivity contribution in [3.63, 3.8) is 0 Å². The Balaban J connectivity index is 1.64. The molecule has 2 aromatic heterocycles. The normalized spacial score (nSPS) is 11.6. The molecule has 0 aliphatic heterocycles. The van der Waals surface area contributed by atoms with Gasteiger partial charge in [-0.25, -0.2) is 26.8 Å². The highest BCUT2D eigenvalue weighted by molar-refractivity contribution is 7.92. The number of thiazole rings is 1. The highest BCUT2D eigenvalue weighted by atomic mass is 32.2. The SMILES string of the molecule is O=C(O)c1ccc(S(=O)(=O)Nc2nc3scc(-c4ccc(F)cc4)n3n2)cc1. The fourth-order valence-electron chi connectivity index (χ4n) is 2.50. The van der Waals surface area contributed by atoms with Crippen LogP contribution >= 0.6 is 11.3 Å². The summed E-state index contributed by atoms with van der Waals surface area (Å²) < 4.78 is 41.8. The number of nitrogens with one attached hydrogen (secondary N) is 1. The van der Waals surface area contributed by atoms with Crippen molar-refractivity contribution in [1.82, 2.24) is 14.6 Å². The maximum Gasteiger partial charge on any atom is 0.335 e.